The first kappa shape index (κ1) is 99.4. The molecule has 0 radical (unpaired) electrons. The molecule has 10 amide bonds. The topological polar surface area (TPSA) is 356 Å². The fraction of sp³-hybridized carbons (Fsp3) is 0.288. The molecule has 12 aliphatic heterocycles. The van der Waals surface area contributed by atoms with Crippen LogP contribution in [0, 0.1) is 27.7 Å². The molecule has 0 fully saturated rings. The van der Waals surface area contributed by atoms with Gasteiger partial charge in [-0.1, -0.05) is 146 Å². The summed E-state index contributed by atoms with van der Waals surface area (Å²) in [6, 6.07) is 76.0. The Morgan fingerprint density at radius 3 is 0.819 bits per heavy atom. The van der Waals surface area contributed by atoms with E-state index in [-0.39, 0.29) is 70.6 Å². The molecule has 12 aliphatic rings. The lowest BCUT2D eigenvalue weighted by molar-refractivity contribution is -0.132. The highest BCUT2D eigenvalue weighted by molar-refractivity contribution is 6.03. The van der Waals surface area contributed by atoms with Crippen LogP contribution in [-0.4, -0.2) is 108 Å². The van der Waals surface area contributed by atoms with Gasteiger partial charge < -0.3 is 73.6 Å². The predicted octanol–water partition coefficient (Wildman–Crippen LogP) is 18.5. The number of fused-ring (bicyclic) bond motifs is 40. The van der Waals surface area contributed by atoms with E-state index in [4.69, 9.17) is 0 Å². The number of ketones is 2. The number of likely N-dealkylation sites (N-methyl/N-ethyl adjacent to an activating group) is 2. The van der Waals surface area contributed by atoms with Gasteiger partial charge in [-0.2, -0.15) is 0 Å². The smallest absolute Gasteiger partial charge is 0.251 e. The van der Waals surface area contributed by atoms with Crippen LogP contribution in [0.15, 0.2) is 243 Å². The van der Waals surface area contributed by atoms with Gasteiger partial charge in [0.15, 0.2) is 11.6 Å². The Morgan fingerprint density at radius 1 is 0.243 bits per heavy atom. The van der Waals surface area contributed by atoms with Crippen LogP contribution in [0.4, 0.5) is 45.5 Å². The largest absolute Gasteiger partial charge is 0.372 e. The second-order valence-electron chi connectivity index (χ2n) is 38.6. The second kappa shape index (κ2) is 45.6. The molecule has 0 aromatic heterocycles. The number of amides is 10. The summed E-state index contributed by atoms with van der Waals surface area (Å²) in [5.74, 6) is -0.370. The predicted molar refractivity (Wildman–Crippen MR) is 562 cm³/mol. The van der Waals surface area contributed by atoms with Crippen LogP contribution in [0.2, 0.25) is 0 Å². The van der Waals surface area contributed by atoms with E-state index in [1.54, 1.807) is 23.9 Å². The average molecular weight is 1930 g/mol. The quantitative estimate of drug-likeness (QED) is 0.0672. The minimum absolute atomic E-state index is 0.00638. The van der Waals surface area contributed by atoms with E-state index in [9.17, 15) is 57.5 Å². The molecule has 736 valence electrons. The van der Waals surface area contributed by atoms with Gasteiger partial charge in [-0.3, -0.25) is 57.5 Å². The summed E-state index contributed by atoms with van der Waals surface area (Å²) in [5, 5.41) is 37.1. The minimum atomic E-state index is -0.625. The Labute approximate surface area is 839 Å². The summed E-state index contributed by atoms with van der Waals surface area (Å²) in [6.07, 6.45) is 11.4. The molecule has 16 bridgehead atoms. The third-order valence-corrected chi connectivity index (χ3v) is 28.1. The standard InChI is InChI=1S/C30H32N4O3.C30H31N3O3.C29H30N4O3.C29H29N3O3/c1-19-6-12-24-16-23(19)18-34(2)30(37)28(22-9-7-20(8-10-22)4-3-5-27(35)32-24)33-25-13-11-21-14-15-31-29(36)26(21)17-25;1-19-5-12-24-17-23(19)11-14-27(34)29(22-8-6-20(7-9-22)3-2-4-28(35)32-24)33-25-13-10-21-15-16-31-30(36)26(21)18-25;1-18-6-12-23-14-22(18)17-33(2)29(36)27(32-24-13-11-21-16-30-28(35)25(21)15-24)20-9-7-19(8-10-20)4-3-5-26(34)31-23;1-18-5-12-23-15-21(18)11-14-26(33)28(32-24-13-10-22-17-30-29(35)25(22)16-24)20-8-6-19(7-9-20)3-2-4-27(34)31-23/h6-13,16-17,28,33H,3-5,14-15,18H2,1-2H3,(H,31,36)(H,32,35);5-10,12-13,17-18,29,33H,2-4,11,14-16H2,1H3,(H,31,36)(H,32,35);6-15,27,32H,3-5,16-17H2,1-2H3,(H,30,35)(H,31,34);5-10,12-13,15-16,28,32H,2-4,11,14,17H2,1H3,(H,30,35)(H,31,34)/t28-;29-;27-;28-/m1111/s1. The average Bonchev–Trinajstić information content (AvgIpc) is 0.960. The summed E-state index contributed by atoms with van der Waals surface area (Å²) in [6.45, 7) is 11.2. The first-order valence-electron chi connectivity index (χ1n) is 49.9. The van der Waals surface area contributed by atoms with E-state index >= 15 is 0 Å². The lowest BCUT2D eigenvalue weighted by Gasteiger charge is -2.27. The lowest BCUT2D eigenvalue weighted by atomic mass is 9.94. The zero-order chi connectivity index (χ0) is 101. The van der Waals surface area contributed by atoms with E-state index in [0.29, 0.717) is 113 Å². The van der Waals surface area contributed by atoms with Crippen molar-refractivity contribution in [2.45, 2.75) is 194 Å². The van der Waals surface area contributed by atoms with Crippen molar-refractivity contribution in [2.24, 2.45) is 0 Å². The van der Waals surface area contributed by atoms with Crippen LogP contribution in [0.3, 0.4) is 0 Å². The molecule has 144 heavy (non-hydrogen) atoms. The molecule has 0 saturated carbocycles. The van der Waals surface area contributed by atoms with Crippen molar-refractivity contribution in [3.8, 4) is 0 Å². The number of carbonyl (C=O) groups excluding carboxylic acids is 12. The Bertz CT molecular complexity index is 6940. The van der Waals surface area contributed by atoms with E-state index in [1.165, 1.54) is 0 Å². The number of hydrogen-bond donors (Lipinski definition) is 12. The highest BCUT2D eigenvalue weighted by Crippen LogP contribution is 2.36. The third kappa shape index (κ3) is 25.1. The third-order valence-electron chi connectivity index (χ3n) is 28.1. The van der Waals surface area contributed by atoms with Crippen LogP contribution in [-0.2, 0) is 116 Å². The molecule has 12 aromatic rings. The van der Waals surface area contributed by atoms with Crippen LogP contribution in [0.5, 0.6) is 0 Å². The summed E-state index contributed by atoms with van der Waals surface area (Å²) >= 11 is 0. The minimum Gasteiger partial charge on any atom is -0.372 e. The Morgan fingerprint density at radius 2 is 0.507 bits per heavy atom. The molecule has 4 atom stereocenters. The van der Waals surface area contributed by atoms with Gasteiger partial charge in [-0.15, -0.1) is 0 Å². The number of hydrogen-bond acceptors (Lipinski definition) is 16. The number of benzene rings is 12. The fourth-order valence-corrected chi connectivity index (χ4v) is 19.6. The van der Waals surface area contributed by atoms with E-state index in [2.05, 4.69) is 63.8 Å². The number of carbonyl (C=O) groups is 12. The molecule has 12 N–H and O–H groups in total. The molecular weight excluding hydrogens is 1810 g/mol. The van der Waals surface area contributed by atoms with E-state index in [1.807, 2.05) is 270 Å². The molecule has 12 aromatic carbocycles. The summed E-state index contributed by atoms with van der Waals surface area (Å²) in [5.41, 5.74) is 28.8. The van der Waals surface area contributed by atoms with Crippen molar-refractivity contribution in [1.29, 1.82) is 0 Å². The zero-order valence-electron chi connectivity index (χ0n) is 82.2. The number of aryl methyl sites for hydroxylation is 10. The molecule has 0 unspecified atom stereocenters. The maximum absolute atomic E-state index is 13.9. The van der Waals surface area contributed by atoms with Gasteiger partial charge in [-0.05, 0) is 313 Å². The fourth-order valence-electron chi connectivity index (χ4n) is 19.6. The molecule has 24 rings (SSSR count). The molecule has 12 heterocycles. The summed E-state index contributed by atoms with van der Waals surface area (Å²) in [7, 11) is 3.58. The normalized spacial score (nSPS) is 18.1. The molecular formula is C118H122N14O12. The van der Waals surface area contributed by atoms with Gasteiger partial charge in [0.25, 0.3) is 23.6 Å². The number of anilines is 8. The monoisotopic (exact) mass is 1930 g/mol. The highest BCUT2D eigenvalue weighted by atomic mass is 16.2. The SMILES string of the molecule is Cc1ccc2cc1CCC(=O)[C@H](Nc1ccc3c(c1)C(=O)NC3)c1ccc(cc1)CCCC(=O)N2.Cc1ccc2cc1CCC(=O)[C@H](Nc1ccc3c(c1)C(=O)NCC3)c1ccc(cc1)CCCC(=O)N2.Cc1ccc2cc1CN(C)C(=O)[C@H](Nc1ccc3c(c1)C(=O)NC3)c1ccc(cc1)CCCC(=O)N2.Cc1ccc2cc1CN(C)C(=O)[C@H](Nc1ccc3c(c1)C(=O)NCC3)c1ccc(cc1)CCCC(=O)N2. The molecule has 0 saturated heterocycles. The lowest BCUT2D eigenvalue weighted by Crippen LogP contribution is -2.35. The van der Waals surface area contributed by atoms with E-state index < -0.39 is 24.2 Å². The van der Waals surface area contributed by atoms with Gasteiger partial charge in [0.1, 0.15) is 24.2 Å². The maximum atomic E-state index is 13.9. The van der Waals surface area contributed by atoms with E-state index in [0.717, 1.165) is 221 Å². The first-order valence-corrected chi connectivity index (χ1v) is 49.9. The van der Waals surface area contributed by atoms with Gasteiger partial charge in [0, 0.05) is 160 Å². The Hall–Kier alpha value is -16.1. The van der Waals surface area contributed by atoms with Crippen LogP contribution < -0.4 is 63.8 Å². The number of rotatable bonds is 8. The maximum Gasteiger partial charge on any atom is 0.251 e. The zero-order valence-corrected chi connectivity index (χ0v) is 82.2. The van der Waals surface area contributed by atoms with Crippen molar-refractivity contribution < 1.29 is 57.5 Å². The number of Topliss-reactive ketones (excluding diaryl/α,β-unsaturated/α-hetero) is 2. The highest BCUT2D eigenvalue weighted by Gasteiger charge is 2.33. The molecule has 0 aliphatic carbocycles. The van der Waals surface area contributed by atoms with Crippen LogP contribution >= 0.6 is 0 Å². The number of nitrogens with one attached hydrogen (secondary N) is 12. The molecule has 0 spiro atoms. The molecule has 26 nitrogen and oxygen atoms in total. The van der Waals surface area contributed by atoms with Gasteiger partial charge in [-0.25, -0.2) is 0 Å². The van der Waals surface area contributed by atoms with Crippen molar-refractivity contribution in [3.63, 3.8) is 0 Å². The van der Waals surface area contributed by atoms with Crippen molar-refractivity contribution in [3.05, 3.63) is 376 Å². The first-order chi connectivity index (χ1) is 69.7. The second-order valence-corrected chi connectivity index (χ2v) is 38.6. The summed E-state index contributed by atoms with van der Waals surface area (Å²) in [4.78, 5) is 157. The van der Waals surface area contributed by atoms with Crippen molar-refractivity contribution in [1.82, 2.24) is 31.1 Å². The van der Waals surface area contributed by atoms with Crippen molar-refractivity contribution >= 4 is 116 Å². The van der Waals surface area contributed by atoms with Gasteiger partial charge in [0.05, 0.1) is 0 Å². The van der Waals surface area contributed by atoms with Gasteiger partial charge in [0.2, 0.25) is 35.4 Å². The Balaban J connectivity index is 0.000000132. The summed E-state index contributed by atoms with van der Waals surface area (Å²) < 4.78 is 0. The van der Waals surface area contributed by atoms with Gasteiger partial charge >= 0.3 is 0 Å². The Kier molecular flexibility index (Phi) is 31.5. The van der Waals surface area contributed by atoms with Crippen LogP contribution in [0.1, 0.15) is 241 Å². The van der Waals surface area contributed by atoms with Crippen molar-refractivity contribution in [2.75, 3.05) is 69.7 Å². The molecule has 26 heteroatoms. The van der Waals surface area contributed by atoms with Crippen LogP contribution in [0.25, 0.3) is 0 Å². The number of nitrogens with zero attached hydrogens (tertiary/aromatic N) is 2.